The molecule has 0 spiro atoms. The van der Waals surface area contributed by atoms with E-state index in [1.54, 1.807) is 28.1 Å². The van der Waals surface area contributed by atoms with Crippen LogP contribution in [0.4, 0.5) is 10.6 Å². The lowest BCUT2D eigenvalue weighted by molar-refractivity contribution is -0.115. The number of hydrogen-bond acceptors (Lipinski definition) is 8. The third kappa shape index (κ3) is 4.17. The second-order valence-corrected chi connectivity index (χ2v) is 10.2. The summed E-state index contributed by atoms with van der Waals surface area (Å²) in [5, 5.41) is 16.2. The van der Waals surface area contributed by atoms with Gasteiger partial charge < -0.3 is 16.0 Å². The summed E-state index contributed by atoms with van der Waals surface area (Å²) in [4.78, 5) is 33.3. The van der Waals surface area contributed by atoms with Gasteiger partial charge in [0.15, 0.2) is 5.65 Å². The molecular weight excluding hydrogens is 452 g/mol. The Labute approximate surface area is 200 Å². The molecule has 34 heavy (non-hydrogen) atoms. The van der Waals surface area contributed by atoms with Crippen LogP contribution >= 0.6 is 11.3 Å². The zero-order valence-corrected chi connectivity index (χ0v) is 19.6. The van der Waals surface area contributed by atoms with E-state index in [0.717, 1.165) is 48.9 Å². The smallest absolute Gasteiger partial charge is 0.326 e. The molecule has 2 aliphatic heterocycles. The molecule has 10 nitrogen and oxygen atoms in total. The largest absolute Gasteiger partial charge is 0.367 e. The highest BCUT2D eigenvalue weighted by atomic mass is 32.1. The molecular formula is C23H26N8O2S. The van der Waals surface area contributed by atoms with Gasteiger partial charge in [-0.15, -0.1) is 11.3 Å². The molecule has 6 rings (SSSR count). The fraction of sp³-hybridized carbons (Fsp3) is 0.391. The fourth-order valence-electron chi connectivity index (χ4n) is 4.42. The standard InChI is InChI=1S/C23H26N8O2S/c1-24-15-6-7-30(11-15)12-16-4-5-19(34-16)17-9-20(26-14-2-3-14)31-21(27-17)13(10-25-31)8-18-22(32)29-23(33)28-18/h4-5,8-10,14-15,24,26H,2-3,6-7,11-12H2,1H3,(H2,28,29,32,33)/b18-8-. The van der Waals surface area contributed by atoms with Crippen molar-refractivity contribution >= 4 is 40.8 Å². The van der Waals surface area contributed by atoms with Crippen LogP contribution in [0, 0.1) is 0 Å². The van der Waals surface area contributed by atoms with Crippen molar-refractivity contribution in [1.82, 2.24) is 35.4 Å². The molecule has 0 radical (unpaired) electrons. The predicted octanol–water partition coefficient (Wildman–Crippen LogP) is 2.01. The summed E-state index contributed by atoms with van der Waals surface area (Å²) in [5.41, 5.74) is 2.35. The number of amides is 3. The number of aromatic nitrogens is 3. The number of anilines is 1. The van der Waals surface area contributed by atoms with Crippen LogP contribution in [0.15, 0.2) is 30.1 Å². The second kappa shape index (κ2) is 8.49. The number of likely N-dealkylation sites (N-methyl/N-ethyl adjacent to an activating group) is 1. The minimum Gasteiger partial charge on any atom is -0.367 e. The highest BCUT2D eigenvalue weighted by Gasteiger charge is 2.26. The van der Waals surface area contributed by atoms with Gasteiger partial charge in [0.2, 0.25) is 0 Å². The van der Waals surface area contributed by atoms with Crippen LogP contribution in [-0.2, 0) is 11.3 Å². The third-order valence-electron chi connectivity index (χ3n) is 6.42. The Kier molecular flexibility index (Phi) is 5.31. The van der Waals surface area contributed by atoms with E-state index in [-0.39, 0.29) is 5.70 Å². The average Bonchev–Trinajstić information content (AvgIpc) is 3.17. The Bertz CT molecular complexity index is 1310. The molecule has 3 amide bonds. The lowest BCUT2D eigenvalue weighted by Gasteiger charge is -2.14. The van der Waals surface area contributed by atoms with E-state index in [0.29, 0.717) is 23.3 Å². The predicted molar refractivity (Wildman–Crippen MR) is 130 cm³/mol. The van der Waals surface area contributed by atoms with Crippen molar-refractivity contribution in [2.75, 3.05) is 25.5 Å². The molecule has 11 heteroatoms. The number of thiophene rings is 1. The molecule has 3 aliphatic rings. The monoisotopic (exact) mass is 478 g/mol. The van der Waals surface area contributed by atoms with Crippen LogP contribution in [0.5, 0.6) is 0 Å². The van der Waals surface area contributed by atoms with E-state index in [1.807, 2.05) is 13.1 Å². The van der Waals surface area contributed by atoms with Crippen LogP contribution in [0.2, 0.25) is 0 Å². The Morgan fingerprint density at radius 2 is 2.09 bits per heavy atom. The number of carbonyl (C=O) groups excluding carboxylic acids is 2. The second-order valence-electron chi connectivity index (χ2n) is 9.02. The van der Waals surface area contributed by atoms with Crippen molar-refractivity contribution in [2.24, 2.45) is 0 Å². The third-order valence-corrected chi connectivity index (χ3v) is 7.51. The van der Waals surface area contributed by atoms with E-state index >= 15 is 0 Å². The molecule has 3 aromatic rings. The summed E-state index contributed by atoms with van der Waals surface area (Å²) >= 11 is 1.76. The maximum Gasteiger partial charge on any atom is 0.326 e. The number of likely N-dealkylation sites (tertiary alicyclic amines) is 1. The first-order chi connectivity index (χ1) is 16.6. The first-order valence-corrected chi connectivity index (χ1v) is 12.4. The Morgan fingerprint density at radius 3 is 2.82 bits per heavy atom. The number of urea groups is 1. The number of imide groups is 1. The minimum absolute atomic E-state index is 0.188. The van der Waals surface area contributed by atoms with Gasteiger partial charge in [0, 0.05) is 48.2 Å². The summed E-state index contributed by atoms with van der Waals surface area (Å²) in [6.45, 7) is 3.12. The van der Waals surface area contributed by atoms with E-state index < -0.39 is 11.9 Å². The van der Waals surface area contributed by atoms with E-state index in [9.17, 15) is 9.59 Å². The topological polar surface area (TPSA) is 116 Å². The van der Waals surface area contributed by atoms with Gasteiger partial charge in [-0.25, -0.2) is 9.78 Å². The van der Waals surface area contributed by atoms with Crippen LogP contribution in [-0.4, -0.2) is 63.7 Å². The van der Waals surface area contributed by atoms with Crippen LogP contribution < -0.4 is 21.3 Å². The molecule has 3 aromatic heterocycles. The molecule has 0 aromatic carbocycles. The number of fused-ring (bicyclic) bond motifs is 1. The number of rotatable bonds is 7. The molecule has 3 fully saturated rings. The Balaban J connectivity index is 1.33. The van der Waals surface area contributed by atoms with Gasteiger partial charge in [0.1, 0.15) is 11.5 Å². The summed E-state index contributed by atoms with van der Waals surface area (Å²) in [5.74, 6) is 0.417. The quantitative estimate of drug-likeness (QED) is 0.303. The summed E-state index contributed by atoms with van der Waals surface area (Å²) in [6, 6.07) is 6.85. The van der Waals surface area contributed by atoms with Crippen molar-refractivity contribution in [3.8, 4) is 10.6 Å². The molecule has 4 N–H and O–H groups in total. The maximum atomic E-state index is 12.0. The lowest BCUT2D eigenvalue weighted by Crippen LogP contribution is -2.29. The van der Waals surface area contributed by atoms with Gasteiger partial charge >= 0.3 is 6.03 Å². The summed E-state index contributed by atoms with van der Waals surface area (Å²) in [7, 11) is 2.03. The van der Waals surface area contributed by atoms with Crippen molar-refractivity contribution in [1.29, 1.82) is 0 Å². The Morgan fingerprint density at radius 1 is 1.21 bits per heavy atom. The molecule has 1 unspecified atom stereocenters. The highest BCUT2D eigenvalue weighted by Crippen LogP contribution is 2.33. The van der Waals surface area contributed by atoms with E-state index in [1.165, 1.54) is 11.3 Å². The zero-order chi connectivity index (χ0) is 23.2. The molecule has 5 heterocycles. The van der Waals surface area contributed by atoms with Gasteiger partial charge in [-0.3, -0.25) is 15.0 Å². The molecule has 1 aliphatic carbocycles. The molecule has 2 saturated heterocycles. The van der Waals surface area contributed by atoms with Gasteiger partial charge in [-0.2, -0.15) is 9.61 Å². The SMILES string of the molecule is CNC1CCN(Cc2ccc(-c3cc(NC4CC4)n4ncc(/C=C5\NC(=O)NC5=O)c4n3)s2)C1. The van der Waals surface area contributed by atoms with Gasteiger partial charge in [0.25, 0.3) is 5.91 Å². The van der Waals surface area contributed by atoms with Crippen LogP contribution in [0.3, 0.4) is 0 Å². The fourth-order valence-corrected chi connectivity index (χ4v) is 5.43. The highest BCUT2D eigenvalue weighted by molar-refractivity contribution is 7.15. The van der Waals surface area contributed by atoms with Crippen LogP contribution in [0.1, 0.15) is 29.7 Å². The van der Waals surface area contributed by atoms with E-state index in [2.05, 4.69) is 43.4 Å². The Hall–Kier alpha value is -3.28. The van der Waals surface area contributed by atoms with Crippen molar-refractivity contribution in [3.05, 3.63) is 40.5 Å². The van der Waals surface area contributed by atoms with Crippen molar-refractivity contribution < 1.29 is 9.59 Å². The molecule has 176 valence electrons. The van der Waals surface area contributed by atoms with Crippen LogP contribution in [0.25, 0.3) is 22.3 Å². The lowest BCUT2D eigenvalue weighted by atomic mass is 10.2. The molecule has 1 atom stereocenters. The molecule has 1 saturated carbocycles. The number of carbonyl (C=O) groups is 2. The van der Waals surface area contributed by atoms with Gasteiger partial charge in [0.05, 0.1) is 16.8 Å². The first-order valence-electron chi connectivity index (χ1n) is 11.5. The van der Waals surface area contributed by atoms with Gasteiger partial charge in [-0.1, -0.05) is 0 Å². The van der Waals surface area contributed by atoms with Crippen molar-refractivity contribution in [2.45, 2.75) is 37.9 Å². The normalized spacial score (nSPS) is 22.0. The van der Waals surface area contributed by atoms with Crippen molar-refractivity contribution in [3.63, 3.8) is 0 Å². The number of nitrogens with one attached hydrogen (secondary N) is 4. The summed E-state index contributed by atoms with van der Waals surface area (Å²) < 4.78 is 1.76. The van der Waals surface area contributed by atoms with Gasteiger partial charge in [-0.05, 0) is 44.5 Å². The zero-order valence-electron chi connectivity index (χ0n) is 18.8. The number of hydrogen-bond donors (Lipinski definition) is 4. The average molecular weight is 479 g/mol. The first kappa shape index (κ1) is 21.3. The summed E-state index contributed by atoms with van der Waals surface area (Å²) in [6.07, 6.45) is 6.74. The van der Waals surface area contributed by atoms with E-state index in [4.69, 9.17) is 4.98 Å². The maximum absolute atomic E-state index is 12.0. The minimum atomic E-state index is -0.525. The molecule has 0 bridgehead atoms. The number of nitrogens with zero attached hydrogens (tertiary/aromatic N) is 4.